The number of ether oxygens (including phenoxy) is 1. The number of aliphatic hydroxyl groups excluding tert-OH is 1. The van der Waals surface area contributed by atoms with Crippen molar-refractivity contribution in [3.05, 3.63) is 12.2 Å². The number of nitrogens with zero attached hydrogens (tertiary/aromatic N) is 1. The van der Waals surface area contributed by atoms with Gasteiger partial charge in [-0.2, -0.15) is 5.06 Å². The minimum absolute atomic E-state index is 0.117. The summed E-state index contributed by atoms with van der Waals surface area (Å²) >= 11 is 0. The highest BCUT2D eigenvalue weighted by atomic mass is 16.7. The molecule has 0 aliphatic carbocycles. The van der Waals surface area contributed by atoms with Crippen molar-refractivity contribution >= 4 is 0 Å². The first-order valence-electron chi connectivity index (χ1n) is 4.79. The van der Waals surface area contributed by atoms with Gasteiger partial charge < -0.3 is 9.84 Å². The van der Waals surface area contributed by atoms with E-state index in [4.69, 9.17) is 9.57 Å². The molecule has 0 spiro atoms. The van der Waals surface area contributed by atoms with E-state index in [0.29, 0.717) is 0 Å². The van der Waals surface area contributed by atoms with Crippen LogP contribution in [0, 0.1) is 0 Å². The quantitative estimate of drug-likeness (QED) is 0.383. The number of rotatable bonds is 7. The zero-order chi connectivity index (χ0) is 11.0. The molecule has 2 unspecified atom stereocenters. The number of aliphatic hydroxyl groups is 1. The van der Waals surface area contributed by atoms with Gasteiger partial charge in [0.25, 0.3) is 0 Å². The Hall–Kier alpha value is -0.420. The van der Waals surface area contributed by atoms with Crippen LogP contribution in [0.3, 0.4) is 0 Å². The van der Waals surface area contributed by atoms with E-state index in [2.05, 4.69) is 0 Å². The molecule has 0 saturated carbocycles. The van der Waals surface area contributed by atoms with Crippen LogP contribution in [-0.2, 0) is 9.57 Å². The average Bonchev–Trinajstić information content (AvgIpc) is 2.21. The van der Waals surface area contributed by atoms with E-state index in [0.717, 1.165) is 6.42 Å². The standard InChI is InChI=1S/C10H21NO3/c1-5-6-7-9(2)14-8-10(12)11(3)13-4/h5-6,9-10,12H,7-8H2,1-4H3. The summed E-state index contributed by atoms with van der Waals surface area (Å²) in [4.78, 5) is 4.81. The SMILES string of the molecule is CC=CCC(C)OCC(O)N(C)OC. The maximum absolute atomic E-state index is 9.45. The lowest BCUT2D eigenvalue weighted by Gasteiger charge is -2.22. The molecule has 0 saturated heterocycles. The summed E-state index contributed by atoms with van der Waals surface area (Å²) in [7, 11) is 3.16. The Bertz CT molecular complexity index is 161. The molecule has 0 radical (unpaired) electrons. The summed E-state index contributed by atoms with van der Waals surface area (Å²) < 4.78 is 5.41. The normalized spacial score (nSPS) is 16.4. The van der Waals surface area contributed by atoms with Crippen molar-refractivity contribution in [2.45, 2.75) is 32.6 Å². The van der Waals surface area contributed by atoms with Gasteiger partial charge in [0.1, 0.15) is 0 Å². The lowest BCUT2D eigenvalue weighted by atomic mass is 10.2. The van der Waals surface area contributed by atoms with Crippen LogP contribution in [0.15, 0.2) is 12.2 Å². The fourth-order valence-corrected chi connectivity index (χ4v) is 0.873. The Labute approximate surface area is 86.1 Å². The highest BCUT2D eigenvalue weighted by Crippen LogP contribution is 2.01. The van der Waals surface area contributed by atoms with Crippen LogP contribution < -0.4 is 0 Å². The first kappa shape index (κ1) is 13.6. The van der Waals surface area contributed by atoms with Crippen molar-refractivity contribution < 1.29 is 14.7 Å². The van der Waals surface area contributed by atoms with E-state index in [9.17, 15) is 5.11 Å². The minimum atomic E-state index is -0.715. The maximum atomic E-state index is 9.45. The minimum Gasteiger partial charge on any atom is -0.374 e. The number of hydroxylamine groups is 2. The number of likely N-dealkylation sites (N-methyl/N-ethyl adjacent to an activating group) is 1. The summed E-state index contributed by atoms with van der Waals surface area (Å²) in [5, 5.41) is 10.8. The molecule has 0 aromatic carbocycles. The van der Waals surface area contributed by atoms with Crippen molar-refractivity contribution in [3.63, 3.8) is 0 Å². The molecule has 4 nitrogen and oxygen atoms in total. The summed E-state index contributed by atoms with van der Waals surface area (Å²) in [5.74, 6) is 0. The van der Waals surface area contributed by atoms with E-state index >= 15 is 0 Å². The Morgan fingerprint density at radius 1 is 1.50 bits per heavy atom. The largest absolute Gasteiger partial charge is 0.374 e. The first-order chi connectivity index (χ1) is 6.61. The summed E-state index contributed by atoms with van der Waals surface area (Å²) in [6.07, 6.45) is 4.29. The lowest BCUT2D eigenvalue weighted by Crippen LogP contribution is -2.35. The van der Waals surface area contributed by atoms with Gasteiger partial charge in [-0.05, 0) is 20.3 Å². The Balaban J connectivity index is 3.60. The molecule has 1 N–H and O–H groups in total. The van der Waals surface area contributed by atoms with Crippen molar-refractivity contribution in [2.24, 2.45) is 0 Å². The van der Waals surface area contributed by atoms with Gasteiger partial charge in [0.2, 0.25) is 0 Å². The van der Waals surface area contributed by atoms with E-state index < -0.39 is 6.23 Å². The van der Waals surface area contributed by atoms with Crippen LogP contribution in [0.25, 0.3) is 0 Å². The first-order valence-corrected chi connectivity index (χ1v) is 4.79. The topological polar surface area (TPSA) is 41.9 Å². The molecule has 0 aliphatic rings. The van der Waals surface area contributed by atoms with Crippen molar-refractivity contribution in [2.75, 3.05) is 20.8 Å². The van der Waals surface area contributed by atoms with Crippen LogP contribution in [0.5, 0.6) is 0 Å². The third-order valence-electron chi connectivity index (χ3n) is 1.94. The summed E-state index contributed by atoms with van der Waals surface area (Å²) in [5.41, 5.74) is 0. The molecular weight excluding hydrogens is 182 g/mol. The predicted molar refractivity (Wildman–Crippen MR) is 55.6 cm³/mol. The van der Waals surface area contributed by atoms with E-state index in [1.807, 2.05) is 26.0 Å². The second-order valence-corrected chi connectivity index (χ2v) is 3.16. The van der Waals surface area contributed by atoms with Crippen LogP contribution in [-0.4, -0.2) is 43.3 Å². The van der Waals surface area contributed by atoms with Crippen LogP contribution in [0.4, 0.5) is 0 Å². The van der Waals surface area contributed by atoms with E-state index in [1.54, 1.807) is 7.05 Å². The van der Waals surface area contributed by atoms with Crippen molar-refractivity contribution in [3.8, 4) is 0 Å². The molecule has 0 rings (SSSR count). The molecule has 14 heavy (non-hydrogen) atoms. The average molecular weight is 203 g/mol. The smallest absolute Gasteiger partial charge is 0.152 e. The molecule has 0 aromatic heterocycles. The highest BCUT2D eigenvalue weighted by molar-refractivity contribution is 4.79. The molecular formula is C10H21NO3. The third kappa shape index (κ3) is 6.10. The van der Waals surface area contributed by atoms with Gasteiger partial charge in [-0.25, -0.2) is 0 Å². The molecule has 0 fully saturated rings. The van der Waals surface area contributed by atoms with Gasteiger partial charge in [-0.3, -0.25) is 4.84 Å². The number of allylic oxidation sites excluding steroid dienone is 1. The second-order valence-electron chi connectivity index (χ2n) is 3.16. The van der Waals surface area contributed by atoms with Gasteiger partial charge in [-0.15, -0.1) is 0 Å². The summed E-state index contributed by atoms with van der Waals surface area (Å²) in [6, 6.07) is 0. The van der Waals surface area contributed by atoms with Gasteiger partial charge in [0, 0.05) is 7.05 Å². The fourth-order valence-electron chi connectivity index (χ4n) is 0.873. The zero-order valence-electron chi connectivity index (χ0n) is 9.43. The molecule has 4 heteroatoms. The van der Waals surface area contributed by atoms with Crippen LogP contribution in [0.1, 0.15) is 20.3 Å². The molecule has 84 valence electrons. The van der Waals surface area contributed by atoms with Gasteiger partial charge in [-0.1, -0.05) is 12.2 Å². The predicted octanol–water partition coefficient (Wildman–Crippen LogP) is 1.17. The number of hydrogen-bond acceptors (Lipinski definition) is 4. The monoisotopic (exact) mass is 203 g/mol. The van der Waals surface area contributed by atoms with E-state index in [1.165, 1.54) is 12.2 Å². The van der Waals surface area contributed by atoms with Gasteiger partial charge in [0.15, 0.2) is 6.23 Å². The van der Waals surface area contributed by atoms with Crippen molar-refractivity contribution in [1.29, 1.82) is 0 Å². The fraction of sp³-hybridized carbons (Fsp3) is 0.800. The lowest BCUT2D eigenvalue weighted by molar-refractivity contribution is -0.221. The van der Waals surface area contributed by atoms with Gasteiger partial charge in [0.05, 0.1) is 19.8 Å². The molecule has 0 aromatic rings. The Morgan fingerprint density at radius 3 is 2.64 bits per heavy atom. The van der Waals surface area contributed by atoms with Gasteiger partial charge >= 0.3 is 0 Å². The molecule has 0 bridgehead atoms. The zero-order valence-corrected chi connectivity index (χ0v) is 9.43. The molecule has 2 atom stereocenters. The third-order valence-corrected chi connectivity index (χ3v) is 1.94. The highest BCUT2D eigenvalue weighted by Gasteiger charge is 2.11. The van der Waals surface area contributed by atoms with Crippen LogP contribution >= 0.6 is 0 Å². The Kier molecular flexibility index (Phi) is 7.70. The molecule has 0 aliphatic heterocycles. The van der Waals surface area contributed by atoms with Crippen molar-refractivity contribution in [1.82, 2.24) is 5.06 Å². The van der Waals surface area contributed by atoms with Crippen LogP contribution in [0.2, 0.25) is 0 Å². The Morgan fingerprint density at radius 2 is 2.14 bits per heavy atom. The second kappa shape index (κ2) is 7.94. The maximum Gasteiger partial charge on any atom is 0.152 e. The molecule has 0 heterocycles. The molecule has 0 amide bonds. The summed E-state index contributed by atoms with van der Waals surface area (Å²) in [6.45, 7) is 4.20. The van der Waals surface area contributed by atoms with E-state index in [-0.39, 0.29) is 12.7 Å². The number of hydrogen-bond donors (Lipinski definition) is 1.